The van der Waals surface area contributed by atoms with Gasteiger partial charge in [-0.1, -0.05) is 58.4 Å². The van der Waals surface area contributed by atoms with Crippen LogP contribution in [0.4, 0.5) is 0 Å². The second-order valence-corrected chi connectivity index (χ2v) is 11.0. The number of hydrogen-bond acceptors (Lipinski definition) is 4. The Labute approximate surface area is 209 Å². The van der Waals surface area contributed by atoms with Crippen LogP contribution < -0.4 is 4.74 Å². The summed E-state index contributed by atoms with van der Waals surface area (Å²) in [6.07, 6.45) is 3.73. The number of para-hydroxylation sites is 1. The smallest absolute Gasteiger partial charge is 0.168 e. The Balaban J connectivity index is 1.94. The summed E-state index contributed by atoms with van der Waals surface area (Å²) in [5.74, 6) is 1.60. The number of ether oxygens (including phenoxy) is 2. The van der Waals surface area contributed by atoms with E-state index in [0.29, 0.717) is 25.5 Å². The maximum Gasteiger partial charge on any atom is 0.168 e. The van der Waals surface area contributed by atoms with Gasteiger partial charge in [0, 0.05) is 33.6 Å². The van der Waals surface area contributed by atoms with Gasteiger partial charge in [0.2, 0.25) is 0 Å². The molecule has 1 saturated carbocycles. The van der Waals surface area contributed by atoms with E-state index in [2.05, 4.69) is 56.5 Å². The number of methoxy groups -OCH3 is 1. The van der Waals surface area contributed by atoms with Gasteiger partial charge >= 0.3 is 0 Å². The van der Waals surface area contributed by atoms with E-state index >= 15 is 0 Å². The number of carbonyl (C=O) groups is 1. The average molecular weight is 478 g/mol. The number of hydrogen-bond donors (Lipinski definition) is 1. The monoisotopic (exact) mass is 477 g/mol. The highest BCUT2D eigenvalue weighted by molar-refractivity contribution is 6.11. The maximum absolute atomic E-state index is 13.9. The Morgan fingerprint density at radius 3 is 2.54 bits per heavy atom. The highest BCUT2D eigenvalue weighted by atomic mass is 16.6. The van der Waals surface area contributed by atoms with Crippen molar-refractivity contribution >= 4 is 16.7 Å². The molecule has 0 atom stereocenters. The molecule has 1 aromatic heterocycles. The third-order valence-electron chi connectivity index (χ3n) is 7.34. The Bertz CT molecular complexity index is 1190. The Morgan fingerprint density at radius 1 is 1.17 bits per heavy atom. The van der Waals surface area contributed by atoms with Crippen LogP contribution in [0.15, 0.2) is 42.5 Å². The van der Waals surface area contributed by atoms with Crippen LogP contribution in [-0.2, 0) is 17.7 Å². The molecule has 0 radical (unpaired) electrons. The molecule has 1 aliphatic carbocycles. The predicted molar refractivity (Wildman–Crippen MR) is 140 cm³/mol. The molecule has 0 unspecified atom stereocenters. The highest BCUT2D eigenvalue weighted by Gasteiger charge is 2.34. The number of aromatic nitrogens is 1. The van der Waals surface area contributed by atoms with Crippen LogP contribution in [0.3, 0.4) is 0 Å². The number of rotatable bonds is 11. The third kappa shape index (κ3) is 5.31. The van der Waals surface area contributed by atoms with Gasteiger partial charge in [0.05, 0.1) is 20.3 Å². The maximum atomic E-state index is 13.9. The van der Waals surface area contributed by atoms with Crippen LogP contribution in [-0.4, -0.2) is 36.0 Å². The van der Waals surface area contributed by atoms with Gasteiger partial charge in [-0.05, 0) is 54.4 Å². The first-order valence-electron chi connectivity index (χ1n) is 12.8. The molecule has 1 N–H and O–H groups in total. The lowest BCUT2D eigenvalue weighted by molar-refractivity contribution is -0.0358. The summed E-state index contributed by atoms with van der Waals surface area (Å²) in [6.45, 7) is 9.36. The molecule has 0 amide bonds. The molecule has 5 nitrogen and oxygen atoms in total. The van der Waals surface area contributed by atoms with Crippen LogP contribution in [0.2, 0.25) is 0 Å². The molecule has 5 heteroatoms. The van der Waals surface area contributed by atoms with Crippen LogP contribution >= 0.6 is 0 Å². The summed E-state index contributed by atoms with van der Waals surface area (Å²) in [5, 5.41) is 10.3. The molecule has 35 heavy (non-hydrogen) atoms. The van der Waals surface area contributed by atoms with Gasteiger partial charge in [-0.25, -0.2) is 0 Å². The Hall–Kier alpha value is -2.63. The summed E-state index contributed by atoms with van der Waals surface area (Å²) >= 11 is 0. The van der Waals surface area contributed by atoms with Crippen LogP contribution in [0.1, 0.15) is 80.1 Å². The number of aliphatic hydroxyl groups is 1. The highest BCUT2D eigenvalue weighted by Crippen LogP contribution is 2.39. The SMILES string of the molecule is COc1ccccc1Cn1c(CC(C)(C)COCO)c(C(=O)C2CCC2)c2cc(C(C)C)ccc21. The van der Waals surface area contributed by atoms with Crippen molar-refractivity contribution in [2.24, 2.45) is 11.3 Å². The molecule has 2 aromatic carbocycles. The van der Waals surface area contributed by atoms with Crippen molar-refractivity contribution < 1.29 is 19.4 Å². The Kier molecular flexibility index (Phi) is 7.67. The van der Waals surface area contributed by atoms with Crippen molar-refractivity contribution in [3.8, 4) is 5.75 Å². The van der Waals surface area contributed by atoms with Crippen molar-refractivity contribution in [1.29, 1.82) is 0 Å². The lowest BCUT2D eigenvalue weighted by Gasteiger charge is -2.28. The van der Waals surface area contributed by atoms with E-state index in [1.165, 1.54) is 5.56 Å². The van der Waals surface area contributed by atoms with E-state index < -0.39 is 0 Å². The van der Waals surface area contributed by atoms with Gasteiger partial charge in [-0.3, -0.25) is 4.79 Å². The number of carbonyl (C=O) groups excluding carboxylic acids is 1. The minimum Gasteiger partial charge on any atom is -0.496 e. The van der Waals surface area contributed by atoms with Gasteiger partial charge in [-0.2, -0.15) is 0 Å². The molecule has 1 heterocycles. The van der Waals surface area contributed by atoms with Crippen molar-refractivity contribution in [2.75, 3.05) is 20.5 Å². The summed E-state index contributed by atoms with van der Waals surface area (Å²) in [5.41, 5.74) is 5.06. The average Bonchev–Trinajstić information content (AvgIpc) is 3.08. The zero-order chi connectivity index (χ0) is 25.2. The Morgan fingerprint density at radius 2 is 1.91 bits per heavy atom. The lowest BCUT2D eigenvalue weighted by atomic mass is 9.78. The van der Waals surface area contributed by atoms with Crippen LogP contribution in [0, 0.1) is 11.3 Å². The zero-order valence-corrected chi connectivity index (χ0v) is 21.8. The molecule has 0 aliphatic heterocycles. The van der Waals surface area contributed by atoms with Crippen LogP contribution in [0.5, 0.6) is 5.75 Å². The fraction of sp³-hybridized carbons (Fsp3) is 0.500. The van der Waals surface area contributed by atoms with E-state index in [0.717, 1.165) is 52.7 Å². The summed E-state index contributed by atoms with van der Waals surface area (Å²) in [4.78, 5) is 13.9. The molecule has 3 aromatic rings. The molecule has 0 spiro atoms. The molecular formula is C30H39NO4. The zero-order valence-electron chi connectivity index (χ0n) is 21.8. The fourth-order valence-corrected chi connectivity index (χ4v) is 5.13. The van der Waals surface area contributed by atoms with E-state index in [1.807, 2.05) is 18.2 Å². The normalized spacial score (nSPS) is 14.5. The molecule has 0 saturated heterocycles. The van der Waals surface area contributed by atoms with Crippen molar-refractivity contribution in [3.05, 3.63) is 64.8 Å². The van der Waals surface area contributed by atoms with Crippen molar-refractivity contribution in [3.63, 3.8) is 0 Å². The molecule has 1 aliphatic rings. The quantitative estimate of drug-likeness (QED) is 0.259. The molecule has 188 valence electrons. The first-order valence-corrected chi connectivity index (χ1v) is 12.8. The van der Waals surface area contributed by atoms with E-state index in [1.54, 1.807) is 7.11 Å². The minimum absolute atomic E-state index is 0.110. The van der Waals surface area contributed by atoms with E-state index in [9.17, 15) is 9.90 Å². The molecule has 4 rings (SSSR count). The number of benzene rings is 2. The summed E-state index contributed by atoms with van der Waals surface area (Å²) in [7, 11) is 1.70. The van der Waals surface area contributed by atoms with E-state index in [4.69, 9.17) is 9.47 Å². The number of nitrogens with zero attached hydrogens (tertiary/aromatic N) is 1. The number of fused-ring (bicyclic) bond motifs is 1. The molecule has 0 bridgehead atoms. The number of ketones is 1. The standard InChI is InChI=1S/C30H39NO4/c1-20(2)22-13-14-25-24(15-22)28(29(33)21-10-8-11-21)26(16-30(3,4)18-35-19-32)31(25)17-23-9-6-7-12-27(23)34-5/h6-7,9,12-15,20-21,32H,8,10-11,16-19H2,1-5H3. The summed E-state index contributed by atoms with van der Waals surface area (Å²) < 4.78 is 13.4. The molecule has 1 fully saturated rings. The minimum atomic E-state index is -0.306. The van der Waals surface area contributed by atoms with Gasteiger partial charge in [-0.15, -0.1) is 0 Å². The van der Waals surface area contributed by atoms with Crippen molar-refractivity contribution in [1.82, 2.24) is 4.57 Å². The summed E-state index contributed by atoms with van der Waals surface area (Å²) in [6, 6.07) is 14.7. The molecular weight excluding hydrogens is 438 g/mol. The van der Waals surface area contributed by atoms with Gasteiger partial charge in [0.25, 0.3) is 0 Å². The van der Waals surface area contributed by atoms with Gasteiger partial charge in [0.1, 0.15) is 12.5 Å². The fourth-order valence-electron chi connectivity index (χ4n) is 5.13. The third-order valence-corrected chi connectivity index (χ3v) is 7.34. The topological polar surface area (TPSA) is 60.7 Å². The second-order valence-electron chi connectivity index (χ2n) is 11.0. The second kappa shape index (κ2) is 10.5. The lowest BCUT2D eigenvalue weighted by Crippen LogP contribution is -2.27. The largest absolute Gasteiger partial charge is 0.496 e. The predicted octanol–water partition coefficient (Wildman–Crippen LogP) is 6.34. The van der Waals surface area contributed by atoms with Gasteiger partial charge in [0.15, 0.2) is 5.78 Å². The first kappa shape index (κ1) is 25.5. The van der Waals surface area contributed by atoms with E-state index in [-0.39, 0.29) is 23.9 Å². The van der Waals surface area contributed by atoms with Crippen LogP contribution in [0.25, 0.3) is 10.9 Å². The van der Waals surface area contributed by atoms with Gasteiger partial charge < -0.3 is 19.1 Å². The van der Waals surface area contributed by atoms with Crippen molar-refractivity contribution in [2.45, 2.75) is 65.8 Å². The number of aliphatic hydroxyl groups excluding tert-OH is 1. The number of Topliss-reactive ketones (excluding diaryl/α,β-unsaturated/α-hetero) is 1. The first-order chi connectivity index (χ1) is 16.8.